The fourth-order valence-corrected chi connectivity index (χ4v) is 6.18. The molecule has 202 valence electrons. The Morgan fingerprint density at radius 3 is 2.63 bits per heavy atom. The molecule has 0 amide bonds. The minimum absolute atomic E-state index is 0.149. The van der Waals surface area contributed by atoms with Crippen LogP contribution in [-0.2, 0) is 6.42 Å². The number of nitrogens with zero attached hydrogens (tertiary/aromatic N) is 5. The van der Waals surface area contributed by atoms with E-state index in [9.17, 15) is 4.79 Å². The minimum Gasteiger partial charge on any atom is -0.490 e. The Bertz CT molecular complexity index is 2050. The van der Waals surface area contributed by atoms with E-state index in [1.807, 2.05) is 83.7 Å². The predicted octanol–water partition coefficient (Wildman–Crippen LogP) is 4.39. The topological polar surface area (TPSA) is 92.8 Å². The molecule has 8 rings (SSSR count). The summed E-state index contributed by atoms with van der Waals surface area (Å²) < 4.78 is 21.5. The zero-order valence-corrected chi connectivity index (χ0v) is 22.7. The second-order valence-corrected chi connectivity index (χ2v) is 11.1. The summed E-state index contributed by atoms with van der Waals surface area (Å²) in [5, 5.41) is 9.43. The molecule has 0 saturated carbocycles. The third kappa shape index (κ3) is 4.15. The fraction of sp³-hybridized carbons (Fsp3) is 0.161. The van der Waals surface area contributed by atoms with Crippen LogP contribution in [0.3, 0.4) is 0 Å². The Kier molecular flexibility index (Phi) is 5.42. The maximum absolute atomic E-state index is 13.5. The molecular weight excluding hydrogens is 538 g/mol. The van der Waals surface area contributed by atoms with Gasteiger partial charge in [0.25, 0.3) is 5.56 Å². The van der Waals surface area contributed by atoms with Gasteiger partial charge in [0.2, 0.25) is 4.96 Å². The molecule has 0 saturated heterocycles. The number of thiazole rings is 1. The summed E-state index contributed by atoms with van der Waals surface area (Å²) in [6, 6.07) is 23.5. The van der Waals surface area contributed by atoms with Crippen molar-refractivity contribution in [2.75, 3.05) is 6.61 Å². The maximum atomic E-state index is 13.5. The summed E-state index contributed by atoms with van der Waals surface area (Å²) in [5.41, 5.74) is 4.41. The highest BCUT2D eigenvalue weighted by molar-refractivity contribution is 7.15. The molecule has 6 aromatic rings. The Labute approximate surface area is 237 Å². The lowest BCUT2D eigenvalue weighted by Crippen LogP contribution is -2.26. The standard InChI is InChI=1S/C31H23N5O4S/c1-18-13-20-14-19(11-12-23(20)39-18)28-21(16-35(33-28)22-7-3-2-4-8-22)15-27-30(37)36-31(41-27)32-29(34-36)26-17-38-24-9-5-6-10-25(24)40-26/h2-12,14-16,18,26H,13,17H2,1H3/b27-15-. The van der Waals surface area contributed by atoms with Gasteiger partial charge in [-0.05, 0) is 61.0 Å². The van der Waals surface area contributed by atoms with Crippen LogP contribution in [0.5, 0.6) is 17.2 Å². The molecule has 2 aliphatic heterocycles. The molecule has 3 aromatic heterocycles. The predicted molar refractivity (Wildman–Crippen MR) is 154 cm³/mol. The zero-order chi connectivity index (χ0) is 27.5. The molecule has 0 N–H and O–H groups in total. The third-order valence-electron chi connectivity index (χ3n) is 7.21. The number of benzene rings is 3. The molecule has 0 spiro atoms. The first-order chi connectivity index (χ1) is 20.1. The van der Waals surface area contributed by atoms with Crippen molar-refractivity contribution in [1.82, 2.24) is 24.4 Å². The van der Waals surface area contributed by atoms with E-state index >= 15 is 0 Å². The molecular formula is C31H23N5O4S. The van der Waals surface area contributed by atoms with Gasteiger partial charge in [-0.25, -0.2) is 4.68 Å². The average Bonchev–Trinajstić information content (AvgIpc) is 3.77. The van der Waals surface area contributed by atoms with Crippen LogP contribution in [0.2, 0.25) is 0 Å². The third-order valence-corrected chi connectivity index (χ3v) is 8.17. The number of ether oxygens (including phenoxy) is 3. The monoisotopic (exact) mass is 561 g/mol. The van der Waals surface area contributed by atoms with Gasteiger partial charge in [-0.3, -0.25) is 4.79 Å². The van der Waals surface area contributed by atoms with Gasteiger partial charge in [0.1, 0.15) is 24.2 Å². The van der Waals surface area contributed by atoms with E-state index in [0.717, 1.165) is 40.2 Å². The summed E-state index contributed by atoms with van der Waals surface area (Å²) in [7, 11) is 0. The smallest absolute Gasteiger partial charge is 0.291 e. The highest BCUT2D eigenvalue weighted by Crippen LogP contribution is 2.36. The highest BCUT2D eigenvalue weighted by Gasteiger charge is 2.27. The van der Waals surface area contributed by atoms with Gasteiger partial charge in [0.05, 0.1) is 10.2 Å². The van der Waals surface area contributed by atoms with Gasteiger partial charge in [-0.15, -0.1) is 5.10 Å². The van der Waals surface area contributed by atoms with Crippen molar-refractivity contribution in [3.63, 3.8) is 0 Å². The molecule has 0 fully saturated rings. The number of hydrogen-bond donors (Lipinski definition) is 0. The summed E-state index contributed by atoms with van der Waals surface area (Å²) in [4.78, 5) is 18.6. The van der Waals surface area contributed by atoms with Crippen molar-refractivity contribution in [1.29, 1.82) is 0 Å². The zero-order valence-electron chi connectivity index (χ0n) is 21.9. The van der Waals surface area contributed by atoms with Crippen LogP contribution < -0.4 is 24.3 Å². The lowest BCUT2D eigenvalue weighted by molar-refractivity contribution is 0.0852. The first-order valence-corrected chi connectivity index (χ1v) is 14.2. The Morgan fingerprint density at radius 2 is 1.78 bits per heavy atom. The van der Waals surface area contributed by atoms with Crippen LogP contribution in [0, 0.1) is 0 Å². The lowest BCUT2D eigenvalue weighted by Gasteiger charge is -2.24. The second-order valence-electron chi connectivity index (χ2n) is 10.1. The number of fused-ring (bicyclic) bond motifs is 3. The summed E-state index contributed by atoms with van der Waals surface area (Å²) >= 11 is 1.29. The molecule has 0 aliphatic carbocycles. The van der Waals surface area contributed by atoms with Crippen LogP contribution in [-0.4, -0.2) is 37.1 Å². The van der Waals surface area contributed by atoms with Crippen LogP contribution in [0.4, 0.5) is 0 Å². The van der Waals surface area contributed by atoms with Gasteiger partial charge in [-0.1, -0.05) is 41.7 Å². The van der Waals surface area contributed by atoms with Crippen LogP contribution in [0.1, 0.15) is 30.0 Å². The van der Waals surface area contributed by atoms with Gasteiger partial charge in [-0.2, -0.15) is 14.6 Å². The number of rotatable bonds is 4. The maximum Gasteiger partial charge on any atom is 0.291 e. The van der Waals surface area contributed by atoms with Crippen molar-refractivity contribution in [2.45, 2.75) is 25.6 Å². The molecule has 2 aliphatic rings. The number of para-hydroxylation sites is 3. The first kappa shape index (κ1) is 23.9. The molecule has 5 heterocycles. The Morgan fingerprint density at radius 1 is 0.951 bits per heavy atom. The van der Waals surface area contributed by atoms with Crippen LogP contribution in [0.15, 0.2) is 83.8 Å². The van der Waals surface area contributed by atoms with E-state index < -0.39 is 6.10 Å². The normalized spacial score (nSPS) is 18.0. The molecule has 2 unspecified atom stereocenters. The van der Waals surface area contributed by atoms with Gasteiger partial charge < -0.3 is 14.2 Å². The van der Waals surface area contributed by atoms with Gasteiger partial charge >= 0.3 is 0 Å². The first-order valence-electron chi connectivity index (χ1n) is 13.3. The summed E-state index contributed by atoms with van der Waals surface area (Å²) in [6.45, 7) is 2.34. The molecule has 9 nitrogen and oxygen atoms in total. The molecule has 10 heteroatoms. The van der Waals surface area contributed by atoms with E-state index in [-0.39, 0.29) is 18.3 Å². The Hall–Kier alpha value is -4.96. The number of hydrogen-bond acceptors (Lipinski definition) is 8. The quantitative estimate of drug-likeness (QED) is 0.315. The summed E-state index contributed by atoms with van der Waals surface area (Å²) in [5.74, 6) is 2.65. The molecule has 0 radical (unpaired) electrons. The van der Waals surface area contributed by atoms with Crippen LogP contribution in [0.25, 0.3) is 28.0 Å². The second kappa shape index (κ2) is 9.31. The van der Waals surface area contributed by atoms with Crippen molar-refractivity contribution in [2.24, 2.45) is 0 Å². The van der Waals surface area contributed by atoms with Gasteiger partial charge in [0.15, 0.2) is 23.4 Å². The molecule has 2 atom stereocenters. The molecule has 0 bridgehead atoms. The molecule has 41 heavy (non-hydrogen) atoms. The summed E-state index contributed by atoms with van der Waals surface area (Å²) in [6.07, 6.45) is 4.32. The van der Waals surface area contributed by atoms with E-state index in [4.69, 9.17) is 19.3 Å². The van der Waals surface area contributed by atoms with Crippen molar-refractivity contribution in [3.8, 4) is 34.2 Å². The van der Waals surface area contributed by atoms with Gasteiger partial charge in [0, 0.05) is 23.7 Å². The van der Waals surface area contributed by atoms with Crippen molar-refractivity contribution in [3.05, 3.63) is 111 Å². The van der Waals surface area contributed by atoms with E-state index in [1.54, 1.807) is 0 Å². The highest BCUT2D eigenvalue weighted by atomic mass is 32.1. The Balaban J connectivity index is 1.19. The number of aromatic nitrogens is 5. The van der Waals surface area contributed by atoms with E-state index in [1.165, 1.54) is 15.9 Å². The fourth-order valence-electron chi connectivity index (χ4n) is 5.27. The van der Waals surface area contributed by atoms with E-state index in [2.05, 4.69) is 23.1 Å². The average molecular weight is 562 g/mol. The molecule has 3 aromatic carbocycles. The van der Waals surface area contributed by atoms with Crippen molar-refractivity contribution < 1.29 is 14.2 Å². The minimum atomic E-state index is -0.494. The lowest BCUT2D eigenvalue weighted by atomic mass is 10.0. The largest absolute Gasteiger partial charge is 0.490 e. The van der Waals surface area contributed by atoms with Crippen molar-refractivity contribution >= 4 is 22.4 Å². The van der Waals surface area contributed by atoms with E-state index in [0.29, 0.717) is 26.8 Å². The van der Waals surface area contributed by atoms with Crippen LogP contribution >= 0.6 is 11.3 Å². The SMILES string of the molecule is CC1Cc2cc(-c3nn(-c4ccccc4)cc3/C=c3\sc4nc(C5COc6ccccc6O5)nn4c3=O)ccc2O1.